The number of halogens is 1. The Morgan fingerprint density at radius 1 is 1.24 bits per heavy atom. The topological polar surface area (TPSA) is 43.9 Å². The maximum Gasteiger partial charge on any atom is 0.217 e. The van der Waals surface area contributed by atoms with Gasteiger partial charge in [-0.15, -0.1) is 11.6 Å². The van der Waals surface area contributed by atoms with E-state index in [-0.39, 0.29) is 11.4 Å². The van der Waals surface area contributed by atoms with Crippen molar-refractivity contribution in [1.82, 2.24) is 14.5 Å². The van der Waals surface area contributed by atoms with Crippen molar-refractivity contribution in [2.24, 2.45) is 0 Å². The van der Waals surface area contributed by atoms with Crippen molar-refractivity contribution in [2.45, 2.75) is 39.1 Å². The van der Waals surface area contributed by atoms with E-state index in [4.69, 9.17) is 16.0 Å². The lowest BCUT2D eigenvalue weighted by molar-refractivity contribution is 0.413. The molecule has 4 nitrogen and oxygen atoms in total. The van der Waals surface area contributed by atoms with Gasteiger partial charge in [-0.2, -0.15) is 0 Å². The first-order chi connectivity index (χ1) is 9.99. The second kappa shape index (κ2) is 5.19. The first kappa shape index (κ1) is 14.1. The minimum absolute atomic E-state index is 0.0546. The van der Waals surface area contributed by atoms with E-state index in [1.165, 1.54) is 5.56 Å². The molecule has 2 heterocycles. The zero-order valence-electron chi connectivity index (χ0n) is 12.6. The molecule has 0 aliphatic rings. The van der Waals surface area contributed by atoms with E-state index < -0.39 is 0 Å². The fourth-order valence-electron chi connectivity index (χ4n) is 2.69. The van der Waals surface area contributed by atoms with Crippen LogP contribution in [0.2, 0.25) is 0 Å². The number of imidazole rings is 1. The van der Waals surface area contributed by atoms with E-state index in [1.807, 2.05) is 26.0 Å². The lowest BCUT2D eigenvalue weighted by atomic mass is 10.2. The smallest absolute Gasteiger partial charge is 0.217 e. The van der Waals surface area contributed by atoms with Crippen LogP contribution < -0.4 is 0 Å². The zero-order chi connectivity index (χ0) is 15.1. The number of fused-ring (bicyclic) bond motifs is 1. The molecule has 0 fully saturated rings. The molecule has 5 heteroatoms. The lowest BCUT2D eigenvalue weighted by Gasteiger charge is -2.16. The van der Waals surface area contributed by atoms with Crippen LogP contribution in [0.1, 0.15) is 48.3 Å². The number of aryl methyl sites for hydroxylation is 2. The van der Waals surface area contributed by atoms with E-state index in [0.29, 0.717) is 5.89 Å². The van der Waals surface area contributed by atoms with Crippen LogP contribution in [-0.4, -0.2) is 14.5 Å². The Morgan fingerprint density at radius 3 is 2.62 bits per heavy atom. The number of nitrogens with zero attached hydrogens (tertiary/aromatic N) is 3. The van der Waals surface area contributed by atoms with Gasteiger partial charge in [0.2, 0.25) is 5.89 Å². The van der Waals surface area contributed by atoms with E-state index in [2.05, 4.69) is 34.4 Å². The SMILES string of the molecule is Cc1cnc(C(C)n2c(C(C)Cl)nc3cccc(C)c32)o1. The molecule has 110 valence electrons. The molecule has 0 radical (unpaired) electrons. The molecule has 1 aromatic carbocycles. The highest BCUT2D eigenvalue weighted by atomic mass is 35.5. The molecule has 0 aliphatic carbocycles. The maximum atomic E-state index is 6.33. The van der Waals surface area contributed by atoms with Gasteiger partial charge >= 0.3 is 0 Å². The minimum atomic E-state index is -0.185. The van der Waals surface area contributed by atoms with Crippen molar-refractivity contribution in [2.75, 3.05) is 0 Å². The molecule has 0 saturated heterocycles. The summed E-state index contributed by atoms with van der Waals surface area (Å²) in [5.74, 6) is 2.32. The molecule has 2 unspecified atom stereocenters. The van der Waals surface area contributed by atoms with Gasteiger partial charge in [0.1, 0.15) is 17.6 Å². The van der Waals surface area contributed by atoms with Crippen LogP contribution in [0.5, 0.6) is 0 Å². The molecule has 0 N–H and O–H groups in total. The fraction of sp³-hybridized carbons (Fsp3) is 0.375. The quantitative estimate of drug-likeness (QED) is 0.667. The third-order valence-electron chi connectivity index (χ3n) is 3.68. The highest BCUT2D eigenvalue weighted by Crippen LogP contribution is 2.32. The number of hydrogen-bond acceptors (Lipinski definition) is 3. The van der Waals surface area contributed by atoms with Gasteiger partial charge in [0.15, 0.2) is 0 Å². The Bertz CT molecular complexity index is 788. The third-order valence-corrected chi connectivity index (χ3v) is 3.87. The number of aromatic nitrogens is 3. The summed E-state index contributed by atoms with van der Waals surface area (Å²) in [5.41, 5.74) is 3.20. The minimum Gasteiger partial charge on any atom is -0.444 e. The second-order valence-electron chi connectivity index (χ2n) is 5.38. The summed E-state index contributed by atoms with van der Waals surface area (Å²) in [6.45, 7) is 7.96. The van der Waals surface area contributed by atoms with Gasteiger partial charge in [0.05, 0.1) is 22.6 Å². The molecule has 2 aromatic heterocycles. The molecule has 0 spiro atoms. The van der Waals surface area contributed by atoms with Gasteiger partial charge in [0, 0.05) is 0 Å². The van der Waals surface area contributed by atoms with E-state index >= 15 is 0 Å². The van der Waals surface area contributed by atoms with E-state index in [1.54, 1.807) is 6.20 Å². The van der Waals surface area contributed by atoms with Crippen LogP contribution in [0.25, 0.3) is 11.0 Å². The summed E-state index contributed by atoms with van der Waals surface area (Å²) >= 11 is 6.33. The third kappa shape index (κ3) is 2.33. The highest BCUT2D eigenvalue weighted by Gasteiger charge is 2.23. The van der Waals surface area contributed by atoms with Crippen molar-refractivity contribution < 1.29 is 4.42 Å². The molecule has 21 heavy (non-hydrogen) atoms. The largest absolute Gasteiger partial charge is 0.444 e. The molecular formula is C16H18ClN3O. The van der Waals surface area contributed by atoms with Crippen LogP contribution in [0.4, 0.5) is 0 Å². The molecule has 3 aromatic rings. The van der Waals surface area contributed by atoms with Crippen LogP contribution in [0, 0.1) is 13.8 Å². The van der Waals surface area contributed by atoms with Gasteiger partial charge < -0.3 is 8.98 Å². The second-order valence-corrected chi connectivity index (χ2v) is 6.04. The van der Waals surface area contributed by atoms with Gasteiger partial charge in [-0.1, -0.05) is 12.1 Å². The predicted molar refractivity (Wildman–Crippen MR) is 83.8 cm³/mol. The predicted octanol–water partition coefficient (Wildman–Crippen LogP) is 4.55. The van der Waals surface area contributed by atoms with Gasteiger partial charge in [-0.05, 0) is 39.3 Å². The first-order valence-electron chi connectivity index (χ1n) is 7.03. The van der Waals surface area contributed by atoms with Crippen LogP contribution >= 0.6 is 11.6 Å². The van der Waals surface area contributed by atoms with Crippen molar-refractivity contribution in [3.63, 3.8) is 0 Å². The monoisotopic (exact) mass is 303 g/mol. The Morgan fingerprint density at radius 2 is 2.00 bits per heavy atom. The van der Waals surface area contributed by atoms with E-state index in [9.17, 15) is 0 Å². The summed E-state index contributed by atoms with van der Waals surface area (Å²) in [4.78, 5) is 9.04. The molecular weight excluding hydrogens is 286 g/mol. The van der Waals surface area contributed by atoms with E-state index in [0.717, 1.165) is 22.6 Å². The van der Waals surface area contributed by atoms with Gasteiger partial charge in [0.25, 0.3) is 0 Å². The van der Waals surface area contributed by atoms with Crippen molar-refractivity contribution in [3.8, 4) is 0 Å². The molecule has 0 amide bonds. The van der Waals surface area contributed by atoms with Gasteiger partial charge in [-0.3, -0.25) is 0 Å². The summed E-state index contributed by atoms with van der Waals surface area (Å²) in [6, 6.07) is 6.05. The van der Waals surface area contributed by atoms with Gasteiger partial charge in [-0.25, -0.2) is 9.97 Å². The van der Waals surface area contributed by atoms with Crippen molar-refractivity contribution in [3.05, 3.63) is 47.4 Å². The summed E-state index contributed by atoms with van der Waals surface area (Å²) in [5, 5.41) is -0.185. The molecule has 0 aliphatic heterocycles. The Kier molecular flexibility index (Phi) is 3.49. The number of benzene rings is 1. The van der Waals surface area contributed by atoms with Crippen LogP contribution in [-0.2, 0) is 0 Å². The number of hydrogen-bond donors (Lipinski definition) is 0. The Hall–Kier alpha value is -1.81. The molecule has 2 atom stereocenters. The number of alkyl halides is 1. The number of para-hydroxylation sites is 1. The highest BCUT2D eigenvalue weighted by molar-refractivity contribution is 6.20. The summed E-state index contributed by atoms with van der Waals surface area (Å²) in [6.07, 6.45) is 1.74. The Balaban J connectivity index is 2.26. The lowest BCUT2D eigenvalue weighted by Crippen LogP contribution is -2.12. The van der Waals surface area contributed by atoms with Crippen LogP contribution in [0.15, 0.2) is 28.8 Å². The number of oxazole rings is 1. The zero-order valence-corrected chi connectivity index (χ0v) is 13.3. The Labute approximate surface area is 128 Å². The van der Waals surface area contributed by atoms with Crippen molar-refractivity contribution in [1.29, 1.82) is 0 Å². The standard InChI is InChI=1S/C16H18ClN3O/c1-9-6-5-7-13-14(9)20(15(19-13)11(3)17)12(4)16-18-8-10(2)21-16/h5-8,11-12H,1-4H3. The molecule has 0 bridgehead atoms. The first-order valence-corrected chi connectivity index (χ1v) is 7.46. The molecule has 3 rings (SSSR count). The normalized spacial score (nSPS) is 14.5. The summed E-state index contributed by atoms with van der Waals surface area (Å²) in [7, 11) is 0. The van der Waals surface area contributed by atoms with Crippen LogP contribution in [0.3, 0.4) is 0 Å². The fourth-order valence-corrected chi connectivity index (χ4v) is 2.84. The summed E-state index contributed by atoms with van der Waals surface area (Å²) < 4.78 is 7.82. The average molecular weight is 304 g/mol. The van der Waals surface area contributed by atoms with Crippen molar-refractivity contribution >= 4 is 22.6 Å². The average Bonchev–Trinajstić information content (AvgIpc) is 3.02. The maximum absolute atomic E-state index is 6.33. The number of rotatable bonds is 3. The molecule has 0 saturated carbocycles.